The van der Waals surface area contributed by atoms with Crippen LogP contribution in [0.1, 0.15) is 6.42 Å². The van der Waals surface area contributed by atoms with Crippen LogP contribution in [0.3, 0.4) is 0 Å². The highest BCUT2D eigenvalue weighted by Gasteiger charge is 2.08. The first kappa shape index (κ1) is 16.4. The van der Waals surface area contributed by atoms with Crippen molar-refractivity contribution in [1.29, 1.82) is 0 Å². The van der Waals surface area contributed by atoms with E-state index in [9.17, 15) is 9.18 Å². The van der Waals surface area contributed by atoms with Gasteiger partial charge in [-0.15, -0.1) is 0 Å². The van der Waals surface area contributed by atoms with E-state index in [4.69, 9.17) is 15.9 Å². The first-order valence-electron chi connectivity index (χ1n) is 6.35. The molecule has 0 fully saturated rings. The third-order valence-corrected chi connectivity index (χ3v) is 2.77. The van der Waals surface area contributed by atoms with Crippen molar-refractivity contribution < 1.29 is 19.4 Å². The van der Waals surface area contributed by atoms with Gasteiger partial charge in [-0.2, -0.15) is 0 Å². The van der Waals surface area contributed by atoms with Gasteiger partial charge >= 0.3 is 0 Å². The zero-order valence-electron chi connectivity index (χ0n) is 11.2. The third-order valence-electron chi connectivity index (χ3n) is 2.77. The van der Waals surface area contributed by atoms with Gasteiger partial charge in [-0.3, -0.25) is 9.69 Å². The zero-order valence-corrected chi connectivity index (χ0v) is 11.2. The number of aliphatic hydroxyl groups is 2. The van der Waals surface area contributed by atoms with E-state index in [2.05, 4.69) is 5.32 Å². The topological polar surface area (TPSA) is 98.8 Å². The molecule has 1 aromatic rings. The van der Waals surface area contributed by atoms with Crippen molar-refractivity contribution in [3.63, 3.8) is 0 Å². The van der Waals surface area contributed by atoms with Crippen LogP contribution in [0.25, 0.3) is 0 Å². The second kappa shape index (κ2) is 8.47. The van der Waals surface area contributed by atoms with Crippen molar-refractivity contribution in [2.45, 2.75) is 6.42 Å². The van der Waals surface area contributed by atoms with Crippen LogP contribution in [0.2, 0.25) is 0 Å². The van der Waals surface area contributed by atoms with E-state index in [1.165, 1.54) is 18.2 Å². The van der Waals surface area contributed by atoms with Crippen molar-refractivity contribution in [3.8, 4) is 0 Å². The SMILES string of the molecule is Nc1cc(NC(=O)CCN(CCO)CCO)ccc1F. The van der Waals surface area contributed by atoms with Crippen LogP contribution in [0.4, 0.5) is 15.8 Å². The Morgan fingerprint density at radius 2 is 1.90 bits per heavy atom. The van der Waals surface area contributed by atoms with Gasteiger partial charge in [0.1, 0.15) is 5.82 Å². The number of anilines is 2. The molecule has 0 spiro atoms. The number of carbonyl (C=O) groups is 1. The number of hydrogen-bond donors (Lipinski definition) is 4. The number of carbonyl (C=O) groups excluding carboxylic acids is 1. The molecule has 20 heavy (non-hydrogen) atoms. The summed E-state index contributed by atoms with van der Waals surface area (Å²) in [4.78, 5) is 13.5. The molecular weight excluding hydrogens is 265 g/mol. The Labute approximate surface area is 117 Å². The molecule has 0 unspecified atom stereocenters. The van der Waals surface area contributed by atoms with Gasteiger partial charge in [0.25, 0.3) is 0 Å². The quantitative estimate of drug-likeness (QED) is 0.505. The minimum atomic E-state index is -0.528. The highest BCUT2D eigenvalue weighted by molar-refractivity contribution is 5.91. The Morgan fingerprint density at radius 3 is 2.45 bits per heavy atom. The van der Waals surface area contributed by atoms with Gasteiger partial charge in [0.2, 0.25) is 5.91 Å². The molecule has 0 bridgehead atoms. The predicted octanol–water partition coefficient (Wildman–Crippen LogP) is 0.0231. The van der Waals surface area contributed by atoms with Crippen LogP contribution in [0.15, 0.2) is 18.2 Å². The van der Waals surface area contributed by atoms with Crippen molar-refractivity contribution in [2.24, 2.45) is 0 Å². The summed E-state index contributed by atoms with van der Waals surface area (Å²) in [5.74, 6) is -0.767. The van der Waals surface area contributed by atoms with E-state index in [-0.39, 0.29) is 31.2 Å². The summed E-state index contributed by atoms with van der Waals surface area (Å²) in [6.07, 6.45) is 0.206. The summed E-state index contributed by atoms with van der Waals surface area (Å²) in [5, 5.41) is 20.3. The average molecular weight is 285 g/mol. The molecule has 0 aliphatic carbocycles. The Hall–Kier alpha value is -1.70. The molecule has 0 saturated heterocycles. The van der Waals surface area contributed by atoms with Crippen molar-refractivity contribution >= 4 is 17.3 Å². The zero-order chi connectivity index (χ0) is 15.0. The number of nitrogens with two attached hydrogens (primary N) is 1. The fourth-order valence-corrected chi connectivity index (χ4v) is 1.72. The smallest absolute Gasteiger partial charge is 0.225 e. The lowest BCUT2D eigenvalue weighted by Crippen LogP contribution is -2.32. The highest BCUT2D eigenvalue weighted by atomic mass is 19.1. The fourth-order valence-electron chi connectivity index (χ4n) is 1.72. The Balaban J connectivity index is 2.44. The van der Waals surface area contributed by atoms with Crippen LogP contribution < -0.4 is 11.1 Å². The Kier molecular flexibility index (Phi) is 6.92. The summed E-state index contributed by atoms with van der Waals surface area (Å²) in [6, 6.07) is 3.98. The molecule has 0 atom stereocenters. The molecule has 112 valence electrons. The molecule has 0 saturated carbocycles. The number of aliphatic hydroxyl groups excluding tert-OH is 2. The van der Waals surface area contributed by atoms with Gasteiger partial charge < -0.3 is 21.3 Å². The molecule has 0 aliphatic heterocycles. The standard InChI is InChI=1S/C13H20FN3O3/c14-11-2-1-10(9-12(11)15)16-13(20)3-4-17(5-7-18)6-8-19/h1-2,9,18-19H,3-8,15H2,(H,16,20). The minimum Gasteiger partial charge on any atom is -0.396 e. The second-order valence-corrected chi connectivity index (χ2v) is 4.32. The molecule has 5 N–H and O–H groups in total. The highest BCUT2D eigenvalue weighted by Crippen LogP contribution is 2.16. The molecule has 0 aliphatic rings. The van der Waals surface area contributed by atoms with Crippen LogP contribution >= 0.6 is 0 Å². The second-order valence-electron chi connectivity index (χ2n) is 4.32. The summed E-state index contributed by atoms with van der Waals surface area (Å²) in [7, 11) is 0. The normalized spacial score (nSPS) is 10.8. The van der Waals surface area contributed by atoms with Gasteiger partial charge in [-0.1, -0.05) is 0 Å². The maximum absolute atomic E-state index is 13.0. The van der Waals surface area contributed by atoms with Crippen LogP contribution in [-0.4, -0.2) is 53.9 Å². The van der Waals surface area contributed by atoms with E-state index in [0.717, 1.165) is 0 Å². The summed E-state index contributed by atoms with van der Waals surface area (Å²) < 4.78 is 13.0. The van der Waals surface area contributed by atoms with E-state index in [1.54, 1.807) is 4.90 Å². The summed E-state index contributed by atoms with van der Waals surface area (Å²) >= 11 is 0. The Bertz CT molecular complexity index is 437. The number of amides is 1. The first-order chi connectivity index (χ1) is 9.56. The molecule has 1 amide bonds. The van der Waals surface area contributed by atoms with Crippen LogP contribution in [-0.2, 0) is 4.79 Å². The number of nitrogens with one attached hydrogen (secondary N) is 1. The lowest BCUT2D eigenvalue weighted by molar-refractivity contribution is -0.116. The van der Waals surface area contributed by atoms with Crippen molar-refractivity contribution in [2.75, 3.05) is 43.9 Å². The minimum absolute atomic E-state index is 0.0232. The number of nitrogens with zero attached hydrogens (tertiary/aromatic N) is 1. The average Bonchev–Trinajstić information content (AvgIpc) is 2.41. The molecule has 1 rings (SSSR count). The molecule has 6 nitrogen and oxygen atoms in total. The molecular formula is C13H20FN3O3. The van der Waals surface area contributed by atoms with Crippen LogP contribution in [0, 0.1) is 5.82 Å². The monoisotopic (exact) mass is 285 g/mol. The molecule has 0 aromatic heterocycles. The summed E-state index contributed by atoms with van der Waals surface area (Å²) in [5.41, 5.74) is 5.82. The predicted molar refractivity (Wildman–Crippen MR) is 74.7 cm³/mol. The van der Waals surface area contributed by atoms with Crippen molar-refractivity contribution in [3.05, 3.63) is 24.0 Å². The van der Waals surface area contributed by atoms with Gasteiger partial charge in [-0.05, 0) is 18.2 Å². The van der Waals surface area contributed by atoms with Gasteiger partial charge in [0, 0.05) is 31.7 Å². The number of nitrogen functional groups attached to an aromatic ring is 1. The van der Waals surface area contributed by atoms with E-state index in [0.29, 0.717) is 25.3 Å². The van der Waals surface area contributed by atoms with Gasteiger partial charge in [0.05, 0.1) is 18.9 Å². The maximum Gasteiger partial charge on any atom is 0.225 e. The molecule has 0 heterocycles. The Morgan fingerprint density at radius 1 is 1.25 bits per heavy atom. The van der Waals surface area contributed by atoms with Crippen molar-refractivity contribution in [1.82, 2.24) is 4.90 Å². The van der Waals surface area contributed by atoms with Crippen LogP contribution in [0.5, 0.6) is 0 Å². The number of benzene rings is 1. The number of rotatable bonds is 8. The number of hydrogen-bond acceptors (Lipinski definition) is 5. The van der Waals surface area contributed by atoms with Gasteiger partial charge in [0.15, 0.2) is 0 Å². The van der Waals surface area contributed by atoms with E-state index >= 15 is 0 Å². The maximum atomic E-state index is 13.0. The fraction of sp³-hybridized carbons (Fsp3) is 0.462. The first-order valence-corrected chi connectivity index (χ1v) is 6.35. The molecule has 0 radical (unpaired) electrons. The lowest BCUT2D eigenvalue weighted by atomic mass is 10.2. The largest absolute Gasteiger partial charge is 0.396 e. The molecule has 7 heteroatoms. The van der Waals surface area contributed by atoms with E-state index < -0.39 is 5.82 Å². The summed E-state index contributed by atoms with van der Waals surface area (Å²) in [6.45, 7) is 1.16. The van der Waals surface area contributed by atoms with Gasteiger partial charge in [-0.25, -0.2) is 4.39 Å². The van der Waals surface area contributed by atoms with E-state index in [1.807, 2.05) is 0 Å². The molecule has 1 aromatic carbocycles. The lowest BCUT2D eigenvalue weighted by Gasteiger charge is -2.19. The number of halogens is 1. The third kappa shape index (κ3) is 5.52.